The minimum absolute atomic E-state index is 0.169. The van der Waals surface area contributed by atoms with Gasteiger partial charge in [-0.3, -0.25) is 4.79 Å². The fourth-order valence-electron chi connectivity index (χ4n) is 1.51. The van der Waals surface area contributed by atoms with Crippen LogP contribution in [0.1, 0.15) is 34.0 Å². The van der Waals surface area contributed by atoms with Gasteiger partial charge in [-0.05, 0) is 13.0 Å². The molecule has 19 heavy (non-hydrogen) atoms. The standard InChI is InChI=1S/C13H13N3O2S/c1-9(12-14-4-5-15-12)16-13(18)10-7-11(19-8-10)3-2-6-17/h4-5,7-9,17H,6H2,1H3,(H,14,15)(H,16,18). The molecular weight excluding hydrogens is 262 g/mol. The van der Waals surface area contributed by atoms with Gasteiger partial charge in [-0.25, -0.2) is 4.98 Å². The Morgan fingerprint density at radius 3 is 3.21 bits per heavy atom. The number of hydrogen-bond acceptors (Lipinski definition) is 4. The first-order chi connectivity index (χ1) is 9.20. The van der Waals surface area contributed by atoms with E-state index in [9.17, 15) is 4.79 Å². The lowest BCUT2D eigenvalue weighted by Crippen LogP contribution is -2.26. The molecule has 0 fully saturated rings. The van der Waals surface area contributed by atoms with Crippen molar-refractivity contribution in [2.45, 2.75) is 13.0 Å². The maximum absolute atomic E-state index is 12.0. The summed E-state index contributed by atoms with van der Waals surface area (Å²) in [5.74, 6) is 5.86. The van der Waals surface area contributed by atoms with E-state index >= 15 is 0 Å². The summed E-state index contributed by atoms with van der Waals surface area (Å²) in [6.45, 7) is 1.67. The Bertz CT molecular complexity index is 607. The summed E-state index contributed by atoms with van der Waals surface area (Å²) in [7, 11) is 0. The van der Waals surface area contributed by atoms with Gasteiger partial charge in [-0.2, -0.15) is 0 Å². The van der Waals surface area contributed by atoms with E-state index in [0.717, 1.165) is 4.88 Å². The molecule has 98 valence electrons. The van der Waals surface area contributed by atoms with Gasteiger partial charge in [-0.1, -0.05) is 11.8 Å². The van der Waals surface area contributed by atoms with E-state index in [4.69, 9.17) is 5.11 Å². The lowest BCUT2D eigenvalue weighted by atomic mass is 10.2. The molecule has 0 aliphatic heterocycles. The second kappa shape index (κ2) is 6.18. The Morgan fingerprint density at radius 2 is 2.53 bits per heavy atom. The van der Waals surface area contributed by atoms with Crippen LogP contribution in [-0.2, 0) is 0 Å². The van der Waals surface area contributed by atoms with Crippen LogP contribution in [0.4, 0.5) is 0 Å². The zero-order valence-electron chi connectivity index (χ0n) is 10.3. The third-order valence-corrected chi connectivity index (χ3v) is 3.28. The van der Waals surface area contributed by atoms with E-state index in [0.29, 0.717) is 11.4 Å². The maximum Gasteiger partial charge on any atom is 0.252 e. The third-order valence-electron chi connectivity index (χ3n) is 2.43. The van der Waals surface area contributed by atoms with Gasteiger partial charge in [0.2, 0.25) is 0 Å². The van der Waals surface area contributed by atoms with Gasteiger partial charge in [0, 0.05) is 17.8 Å². The smallest absolute Gasteiger partial charge is 0.252 e. The van der Waals surface area contributed by atoms with E-state index in [1.807, 2.05) is 6.92 Å². The van der Waals surface area contributed by atoms with Crippen molar-refractivity contribution in [2.24, 2.45) is 0 Å². The maximum atomic E-state index is 12.0. The monoisotopic (exact) mass is 275 g/mol. The Labute approximate surface area is 114 Å². The molecule has 3 N–H and O–H groups in total. The number of amides is 1. The summed E-state index contributed by atoms with van der Waals surface area (Å²) >= 11 is 1.37. The van der Waals surface area contributed by atoms with Crippen molar-refractivity contribution >= 4 is 17.2 Å². The molecule has 0 spiro atoms. The Kier molecular flexibility index (Phi) is 4.34. The summed E-state index contributed by atoms with van der Waals surface area (Å²) in [5, 5.41) is 13.2. The van der Waals surface area contributed by atoms with E-state index < -0.39 is 0 Å². The number of nitrogens with zero attached hydrogens (tertiary/aromatic N) is 1. The van der Waals surface area contributed by atoms with Crippen LogP contribution in [0.25, 0.3) is 0 Å². The van der Waals surface area contributed by atoms with Crippen LogP contribution in [-0.4, -0.2) is 27.6 Å². The number of nitrogens with one attached hydrogen (secondary N) is 2. The molecule has 0 aliphatic rings. The van der Waals surface area contributed by atoms with E-state index in [1.165, 1.54) is 11.3 Å². The summed E-state index contributed by atoms with van der Waals surface area (Å²) in [4.78, 5) is 19.8. The third kappa shape index (κ3) is 3.44. The predicted molar refractivity (Wildman–Crippen MR) is 72.8 cm³/mol. The SMILES string of the molecule is CC(NC(=O)c1csc(C#CCO)c1)c1ncc[nH]1. The van der Waals surface area contributed by atoms with Crippen LogP contribution in [0.5, 0.6) is 0 Å². The van der Waals surface area contributed by atoms with Crippen molar-refractivity contribution in [3.63, 3.8) is 0 Å². The average Bonchev–Trinajstić information content (AvgIpc) is 3.07. The zero-order valence-corrected chi connectivity index (χ0v) is 11.1. The molecule has 1 unspecified atom stereocenters. The molecule has 2 aromatic heterocycles. The molecule has 0 bridgehead atoms. The number of hydrogen-bond donors (Lipinski definition) is 3. The second-order valence-electron chi connectivity index (χ2n) is 3.83. The lowest BCUT2D eigenvalue weighted by Gasteiger charge is -2.10. The minimum atomic E-state index is -0.186. The predicted octanol–water partition coefficient (Wildman–Crippen LogP) is 1.31. The van der Waals surface area contributed by atoms with Crippen LogP contribution in [0.2, 0.25) is 0 Å². The highest BCUT2D eigenvalue weighted by Gasteiger charge is 2.14. The molecule has 1 atom stereocenters. The second-order valence-corrected chi connectivity index (χ2v) is 4.74. The fourth-order valence-corrected chi connectivity index (χ4v) is 2.27. The largest absolute Gasteiger partial charge is 0.384 e. The number of carbonyl (C=O) groups is 1. The molecular formula is C13H13N3O2S. The topological polar surface area (TPSA) is 78.0 Å². The highest BCUT2D eigenvalue weighted by Crippen LogP contribution is 2.15. The molecule has 5 nitrogen and oxygen atoms in total. The van der Waals surface area contributed by atoms with Gasteiger partial charge in [0.15, 0.2) is 0 Å². The molecule has 0 saturated carbocycles. The molecule has 0 saturated heterocycles. The number of aromatic nitrogens is 2. The first kappa shape index (κ1) is 13.3. The first-order valence-corrected chi connectivity index (χ1v) is 6.57. The number of aliphatic hydroxyl groups excluding tert-OH is 1. The summed E-state index contributed by atoms with van der Waals surface area (Å²) in [6.07, 6.45) is 3.36. The van der Waals surface area contributed by atoms with Gasteiger partial charge >= 0.3 is 0 Å². The number of aromatic amines is 1. The van der Waals surface area contributed by atoms with Crippen LogP contribution in [0.3, 0.4) is 0 Å². The van der Waals surface area contributed by atoms with Crippen molar-refractivity contribution in [1.82, 2.24) is 15.3 Å². The highest BCUT2D eigenvalue weighted by atomic mass is 32.1. The first-order valence-electron chi connectivity index (χ1n) is 5.69. The Hall–Kier alpha value is -2.10. The number of aliphatic hydroxyl groups is 1. The summed E-state index contributed by atoms with van der Waals surface area (Å²) < 4.78 is 0. The van der Waals surface area contributed by atoms with Gasteiger partial charge in [0.25, 0.3) is 5.91 Å². The lowest BCUT2D eigenvalue weighted by molar-refractivity contribution is 0.0939. The minimum Gasteiger partial charge on any atom is -0.384 e. The molecule has 0 aromatic carbocycles. The molecule has 2 rings (SSSR count). The van der Waals surface area contributed by atoms with Gasteiger partial charge in [-0.15, -0.1) is 11.3 Å². The number of imidazole rings is 1. The molecule has 6 heteroatoms. The van der Waals surface area contributed by atoms with Crippen molar-refractivity contribution in [3.8, 4) is 11.8 Å². The van der Waals surface area contributed by atoms with Crippen molar-refractivity contribution in [1.29, 1.82) is 0 Å². The van der Waals surface area contributed by atoms with Gasteiger partial charge in [0.05, 0.1) is 16.5 Å². The van der Waals surface area contributed by atoms with Crippen LogP contribution in [0, 0.1) is 11.8 Å². The fraction of sp³-hybridized carbons (Fsp3) is 0.231. The van der Waals surface area contributed by atoms with E-state index in [-0.39, 0.29) is 18.6 Å². The quantitative estimate of drug-likeness (QED) is 0.739. The van der Waals surface area contributed by atoms with Crippen LogP contribution < -0.4 is 5.32 Å². The van der Waals surface area contributed by atoms with Crippen LogP contribution in [0.15, 0.2) is 23.8 Å². The number of rotatable bonds is 3. The Morgan fingerprint density at radius 1 is 1.68 bits per heavy atom. The van der Waals surface area contributed by atoms with Crippen LogP contribution >= 0.6 is 11.3 Å². The average molecular weight is 275 g/mol. The van der Waals surface area contributed by atoms with E-state index in [2.05, 4.69) is 27.1 Å². The number of thiophene rings is 1. The van der Waals surface area contributed by atoms with Crippen molar-refractivity contribution in [3.05, 3.63) is 40.1 Å². The van der Waals surface area contributed by atoms with Gasteiger partial charge < -0.3 is 15.4 Å². The van der Waals surface area contributed by atoms with Crippen molar-refractivity contribution in [2.75, 3.05) is 6.61 Å². The van der Waals surface area contributed by atoms with Gasteiger partial charge in [0.1, 0.15) is 12.4 Å². The molecule has 0 radical (unpaired) electrons. The molecule has 0 aliphatic carbocycles. The zero-order chi connectivity index (χ0) is 13.7. The Balaban J connectivity index is 2.02. The molecule has 2 aromatic rings. The normalized spacial score (nSPS) is 11.5. The molecule has 2 heterocycles. The van der Waals surface area contributed by atoms with E-state index in [1.54, 1.807) is 23.8 Å². The number of carbonyl (C=O) groups excluding carboxylic acids is 1. The molecule has 1 amide bonds. The van der Waals surface area contributed by atoms with Crippen molar-refractivity contribution < 1.29 is 9.90 Å². The highest BCUT2D eigenvalue weighted by molar-refractivity contribution is 7.10. The summed E-state index contributed by atoms with van der Waals surface area (Å²) in [6, 6.07) is 1.52. The number of H-pyrrole nitrogens is 1. The summed E-state index contributed by atoms with van der Waals surface area (Å²) in [5.41, 5.74) is 0.561.